The van der Waals surface area contributed by atoms with Gasteiger partial charge in [0, 0.05) is 7.11 Å². The van der Waals surface area contributed by atoms with Crippen molar-refractivity contribution in [1.82, 2.24) is 9.36 Å². The molecule has 0 radical (unpaired) electrons. The average molecular weight is 251 g/mol. The highest BCUT2D eigenvalue weighted by Crippen LogP contribution is 2.25. The van der Waals surface area contributed by atoms with Crippen molar-refractivity contribution in [2.75, 3.05) is 7.11 Å². The zero-order valence-corrected chi connectivity index (χ0v) is 9.65. The van der Waals surface area contributed by atoms with Gasteiger partial charge >= 0.3 is 0 Å². The third-order valence-corrected chi connectivity index (χ3v) is 2.66. The summed E-state index contributed by atoms with van der Waals surface area (Å²) in [6.07, 6.45) is 0.00699. The molecule has 0 bridgehead atoms. The van der Waals surface area contributed by atoms with Gasteiger partial charge in [0.1, 0.15) is 6.10 Å². The summed E-state index contributed by atoms with van der Waals surface area (Å²) in [5, 5.41) is 0. The van der Waals surface area contributed by atoms with Crippen molar-refractivity contribution in [3.63, 3.8) is 0 Å². The maximum absolute atomic E-state index is 5.27. The van der Waals surface area contributed by atoms with Crippen molar-refractivity contribution in [2.24, 2.45) is 5.92 Å². The molecule has 1 atom stereocenters. The van der Waals surface area contributed by atoms with Crippen LogP contribution in [0.2, 0.25) is 0 Å². The van der Waals surface area contributed by atoms with E-state index in [-0.39, 0.29) is 6.10 Å². The number of hydrogen-bond donors (Lipinski definition) is 0. The van der Waals surface area contributed by atoms with Crippen molar-refractivity contribution in [1.29, 1.82) is 0 Å². The molecule has 3 nitrogen and oxygen atoms in total. The lowest BCUT2D eigenvalue weighted by molar-refractivity contribution is 0.0584. The summed E-state index contributed by atoms with van der Waals surface area (Å²) in [6, 6.07) is 0. The van der Waals surface area contributed by atoms with E-state index in [4.69, 9.17) is 4.74 Å². The molecule has 0 N–H and O–H groups in total. The fourth-order valence-electron chi connectivity index (χ4n) is 1.01. The highest BCUT2D eigenvalue weighted by Gasteiger charge is 2.19. The first kappa shape index (κ1) is 10.1. The molecule has 12 heavy (non-hydrogen) atoms. The summed E-state index contributed by atoms with van der Waals surface area (Å²) >= 11 is 4.61. The zero-order chi connectivity index (χ0) is 9.14. The maximum Gasteiger partial charge on any atom is 0.179 e. The van der Waals surface area contributed by atoms with Gasteiger partial charge in [-0.1, -0.05) is 13.8 Å². The Bertz CT molecular complexity index is 251. The van der Waals surface area contributed by atoms with Crippen LogP contribution < -0.4 is 0 Å². The van der Waals surface area contributed by atoms with Crippen LogP contribution in [0, 0.1) is 5.92 Å². The molecule has 1 rings (SSSR count). The van der Waals surface area contributed by atoms with Crippen molar-refractivity contribution in [3.8, 4) is 0 Å². The summed E-state index contributed by atoms with van der Waals surface area (Å²) in [5.74, 6) is 1.17. The van der Waals surface area contributed by atoms with E-state index in [1.165, 1.54) is 11.5 Å². The van der Waals surface area contributed by atoms with Crippen LogP contribution in [0.15, 0.2) is 3.92 Å². The number of ether oxygens (including phenoxy) is 1. The van der Waals surface area contributed by atoms with E-state index >= 15 is 0 Å². The predicted molar refractivity (Wildman–Crippen MR) is 52.2 cm³/mol. The van der Waals surface area contributed by atoms with Gasteiger partial charge in [-0.05, 0) is 33.4 Å². The molecule has 0 saturated heterocycles. The summed E-state index contributed by atoms with van der Waals surface area (Å²) < 4.78 is 10.2. The molecule has 1 unspecified atom stereocenters. The van der Waals surface area contributed by atoms with Gasteiger partial charge in [0.2, 0.25) is 0 Å². The van der Waals surface area contributed by atoms with Gasteiger partial charge in [0.05, 0.1) is 0 Å². The minimum Gasteiger partial charge on any atom is -0.373 e. The number of methoxy groups -OCH3 is 1. The molecule has 1 aromatic rings. The summed E-state index contributed by atoms with van der Waals surface area (Å²) in [5.41, 5.74) is 0. The van der Waals surface area contributed by atoms with E-state index in [0.29, 0.717) is 5.92 Å². The van der Waals surface area contributed by atoms with Gasteiger partial charge in [-0.25, -0.2) is 4.98 Å². The van der Waals surface area contributed by atoms with Crippen LogP contribution in [0.4, 0.5) is 0 Å². The summed E-state index contributed by atoms with van der Waals surface area (Å²) in [7, 11) is 1.68. The summed E-state index contributed by atoms with van der Waals surface area (Å²) in [4.78, 5) is 4.20. The van der Waals surface area contributed by atoms with Crippen LogP contribution >= 0.6 is 27.5 Å². The number of nitrogens with zero attached hydrogens (tertiary/aromatic N) is 2. The lowest BCUT2D eigenvalue weighted by Crippen LogP contribution is -2.10. The molecule has 0 aliphatic rings. The fourth-order valence-corrected chi connectivity index (χ4v) is 1.85. The maximum atomic E-state index is 5.27. The third-order valence-electron chi connectivity index (χ3n) is 1.53. The van der Waals surface area contributed by atoms with Crippen molar-refractivity contribution < 1.29 is 4.74 Å². The molecular formula is C7H11BrN2OS. The number of aromatic nitrogens is 2. The van der Waals surface area contributed by atoms with Crippen LogP contribution in [0.25, 0.3) is 0 Å². The van der Waals surface area contributed by atoms with Gasteiger partial charge < -0.3 is 4.74 Å². The molecule has 0 aliphatic heterocycles. The largest absolute Gasteiger partial charge is 0.373 e. The normalized spacial score (nSPS) is 13.8. The van der Waals surface area contributed by atoms with Crippen molar-refractivity contribution in [3.05, 3.63) is 9.74 Å². The quantitative estimate of drug-likeness (QED) is 0.828. The Morgan fingerprint density at radius 1 is 1.50 bits per heavy atom. The topological polar surface area (TPSA) is 35.0 Å². The first-order valence-electron chi connectivity index (χ1n) is 3.67. The van der Waals surface area contributed by atoms with Crippen molar-refractivity contribution >= 4 is 27.5 Å². The van der Waals surface area contributed by atoms with Gasteiger partial charge in [0.25, 0.3) is 0 Å². The van der Waals surface area contributed by atoms with E-state index in [0.717, 1.165) is 9.74 Å². The Kier molecular flexibility index (Phi) is 3.61. The highest BCUT2D eigenvalue weighted by molar-refractivity contribution is 9.11. The standard InChI is InChI=1S/C7H11BrN2OS/c1-4(2)5(11-3)6-9-7(8)12-10-6/h4-5H,1-3H3. The zero-order valence-electron chi connectivity index (χ0n) is 7.24. The molecule has 1 aromatic heterocycles. The molecule has 5 heteroatoms. The Labute approximate surface area is 84.5 Å². The van der Waals surface area contributed by atoms with Crippen LogP contribution in [0.3, 0.4) is 0 Å². The Hall–Kier alpha value is -0.0000000000000000555. The van der Waals surface area contributed by atoms with Gasteiger partial charge in [0.15, 0.2) is 9.74 Å². The Morgan fingerprint density at radius 2 is 2.17 bits per heavy atom. The monoisotopic (exact) mass is 250 g/mol. The first-order chi connectivity index (χ1) is 5.65. The van der Waals surface area contributed by atoms with Gasteiger partial charge in [-0.2, -0.15) is 4.37 Å². The summed E-state index contributed by atoms with van der Waals surface area (Å²) in [6.45, 7) is 4.17. The second-order valence-electron chi connectivity index (χ2n) is 2.81. The molecule has 68 valence electrons. The van der Waals surface area contributed by atoms with Crippen molar-refractivity contribution in [2.45, 2.75) is 20.0 Å². The second kappa shape index (κ2) is 4.30. The molecular weight excluding hydrogens is 240 g/mol. The highest BCUT2D eigenvalue weighted by atomic mass is 79.9. The minimum atomic E-state index is 0.00699. The van der Waals surface area contributed by atoms with E-state index < -0.39 is 0 Å². The van der Waals surface area contributed by atoms with Gasteiger partial charge in [-0.15, -0.1) is 0 Å². The molecule has 0 aromatic carbocycles. The second-order valence-corrected chi connectivity index (χ2v) is 4.83. The third kappa shape index (κ3) is 2.24. The molecule has 0 aliphatic carbocycles. The smallest absolute Gasteiger partial charge is 0.179 e. The van der Waals surface area contributed by atoms with Crippen LogP contribution in [-0.2, 0) is 4.74 Å². The first-order valence-corrected chi connectivity index (χ1v) is 5.23. The fraction of sp³-hybridized carbons (Fsp3) is 0.714. The molecule has 0 saturated carbocycles. The van der Waals surface area contributed by atoms with Crippen LogP contribution in [-0.4, -0.2) is 16.5 Å². The predicted octanol–water partition coefficient (Wildman–Crippen LogP) is 2.64. The van der Waals surface area contributed by atoms with E-state index in [1.54, 1.807) is 7.11 Å². The molecule has 0 spiro atoms. The SMILES string of the molecule is COC(c1nsc(Br)n1)C(C)C. The Morgan fingerprint density at radius 3 is 2.50 bits per heavy atom. The van der Waals surface area contributed by atoms with Crippen LogP contribution in [0.1, 0.15) is 25.8 Å². The average Bonchev–Trinajstić information content (AvgIpc) is 2.37. The number of halogens is 1. The van der Waals surface area contributed by atoms with Crippen LogP contribution in [0.5, 0.6) is 0 Å². The lowest BCUT2D eigenvalue weighted by atomic mass is 10.1. The van der Waals surface area contributed by atoms with Gasteiger partial charge in [-0.3, -0.25) is 0 Å². The molecule has 0 fully saturated rings. The van der Waals surface area contributed by atoms with E-state index in [1.807, 2.05) is 0 Å². The Balaban J connectivity index is 2.80. The minimum absolute atomic E-state index is 0.00699. The number of hydrogen-bond acceptors (Lipinski definition) is 4. The van der Waals surface area contributed by atoms with E-state index in [2.05, 4.69) is 39.1 Å². The number of rotatable bonds is 3. The lowest BCUT2D eigenvalue weighted by Gasteiger charge is -2.14. The van der Waals surface area contributed by atoms with E-state index in [9.17, 15) is 0 Å². The molecule has 1 heterocycles. The molecule has 0 amide bonds.